The molecule has 0 saturated heterocycles. The molecule has 0 fully saturated rings. The molecule has 5 nitrogen and oxygen atoms in total. The Hall–Kier alpha value is -2.79. The highest BCUT2D eigenvalue weighted by atomic mass is 35.5. The lowest BCUT2D eigenvalue weighted by molar-refractivity contribution is 0.102. The maximum atomic E-state index is 12.3. The van der Waals surface area contributed by atoms with Crippen LogP contribution >= 0.6 is 11.6 Å². The van der Waals surface area contributed by atoms with E-state index in [-0.39, 0.29) is 11.1 Å². The maximum Gasteiger partial charge on any atom is 0.268 e. The summed E-state index contributed by atoms with van der Waals surface area (Å²) in [6, 6.07) is 15.4. The van der Waals surface area contributed by atoms with Crippen molar-refractivity contribution in [1.29, 1.82) is 0 Å². The first-order valence-electron chi connectivity index (χ1n) is 6.45. The summed E-state index contributed by atoms with van der Waals surface area (Å²) in [5, 5.41) is 16.1. The van der Waals surface area contributed by atoms with Gasteiger partial charge in [0.05, 0.1) is 0 Å². The third-order valence-electron chi connectivity index (χ3n) is 3.09. The molecule has 0 aliphatic rings. The fourth-order valence-electron chi connectivity index (χ4n) is 2.04. The van der Waals surface area contributed by atoms with Gasteiger partial charge in [0.25, 0.3) is 11.5 Å². The maximum absolute atomic E-state index is 12.3. The second kappa shape index (κ2) is 5.91. The van der Waals surface area contributed by atoms with Gasteiger partial charge in [0, 0.05) is 16.1 Å². The Kier molecular flexibility index (Phi) is 3.80. The average Bonchev–Trinajstić information content (AvgIpc) is 2.55. The van der Waals surface area contributed by atoms with E-state index in [4.69, 9.17) is 21.2 Å². The number of amides is 1. The molecule has 0 bridgehead atoms. The summed E-state index contributed by atoms with van der Waals surface area (Å²) < 4.78 is 5.42. The second-order valence-electron chi connectivity index (χ2n) is 4.56. The molecule has 0 aliphatic carbocycles. The smallest absolute Gasteiger partial charge is 0.268 e. The van der Waals surface area contributed by atoms with Gasteiger partial charge in [0.15, 0.2) is 0 Å². The first kappa shape index (κ1) is 14.2. The van der Waals surface area contributed by atoms with Crippen molar-refractivity contribution in [2.45, 2.75) is 0 Å². The number of hydrogen-bond acceptors (Lipinski definition) is 4. The van der Waals surface area contributed by atoms with Crippen LogP contribution in [-0.4, -0.2) is 11.1 Å². The highest BCUT2D eigenvalue weighted by Gasteiger charge is 2.13. The van der Waals surface area contributed by atoms with Crippen LogP contribution in [-0.2, 0) is 0 Å². The van der Waals surface area contributed by atoms with Crippen LogP contribution in [0.2, 0.25) is 5.02 Å². The zero-order valence-corrected chi connectivity index (χ0v) is 12.0. The number of benzene rings is 2. The molecule has 6 heteroatoms. The van der Waals surface area contributed by atoms with Crippen molar-refractivity contribution < 1.29 is 14.4 Å². The number of nitrogens with one attached hydrogen (secondary N) is 1. The minimum Gasteiger partial charge on any atom is -0.435 e. The van der Waals surface area contributed by atoms with Crippen LogP contribution in [0, 0.1) is 0 Å². The molecule has 2 aromatic carbocycles. The Labute approximate surface area is 130 Å². The number of rotatable bonds is 2. The topological polar surface area (TPSA) is 74.8 Å². The average molecular weight is 315 g/mol. The Morgan fingerprint density at radius 3 is 2.59 bits per heavy atom. The molecule has 0 aliphatic heterocycles. The predicted molar refractivity (Wildman–Crippen MR) is 83.0 cm³/mol. The van der Waals surface area contributed by atoms with Crippen molar-refractivity contribution in [1.82, 2.24) is 0 Å². The Morgan fingerprint density at radius 1 is 1.14 bits per heavy atom. The Balaban J connectivity index is 2.01. The highest BCUT2D eigenvalue weighted by molar-refractivity contribution is 6.30. The van der Waals surface area contributed by atoms with E-state index < -0.39 is 5.91 Å². The van der Waals surface area contributed by atoms with Crippen molar-refractivity contribution in [3.05, 3.63) is 70.7 Å². The van der Waals surface area contributed by atoms with Crippen LogP contribution in [0.5, 0.6) is 0 Å². The number of fused-ring (bicyclic) bond motifs is 1. The molecular weight excluding hydrogens is 304 g/mol. The lowest BCUT2D eigenvalue weighted by Crippen LogP contribution is -2.21. The molecule has 0 spiro atoms. The van der Waals surface area contributed by atoms with E-state index in [2.05, 4.69) is 10.5 Å². The molecule has 22 heavy (non-hydrogen) atoms. The molecule has 1 amide bonds. The van der Waals surface area contributed by atoms with Crippen molar-refractivity contribution in [2.24, 2.45) is 5.16 Å². The van der Waals surface area contributed by atoms with Gasteiger partial charge in [-0.2, -0.15) is 0 Å². The molecule has 0 atom stereocenters. The molecule has 2 N–H and O–H groups in total. The Bertz CT molecular complexity index is 901. The molecule has 0 radical (unpaired) electrons. The third-order valence-corrected chi connectivity index (χ3v) is 3.35. The fraction of sp³-hybridized carbons (Fsp3) is 0. The van der Waals surface area contributed by atoms with E-state index in [9.17, 15) is 4.79 Å². The highest BCUT2D eigenvalue weighted by Crippen LogP contribution is 2.16. The normalized spacial score (nSPS) is 11.6. The van der Waals surface area contributed by atoms with Crippen LogP contribution in [0.1, 0.15) is 10.4 Å². The second-order valence-corrected chi connectivity index (χ2v) is 5.00. The number of nitrogens with zero attached hydrogens (tertiary/aromatic N) is 1. The third kappa shape index (κ3) is 2.80. The van der Waals surface area contributed by atoms with Gasteiger partial charge in [0.2, 0.25) is 0 Å². The summed E-state index contributed by atoms with van der Waals surface area (Å²) in [6.07, 6.45) is 0. The van der Waals surface area contributed by atoms with E-state index in [1.165, 1.54) is 0 Å². The number of carbonyl (C=O) groups is 1. The largest absolute Gasteiger partial charge is 0.435 e. The van der Waals surface area contributed by atoms with Gasteiger partial charge in [0.1, 0.15) is 11.1 Å². The number of hydrogen-bond donors (Lipinski definition) is 2. The molecule has 1 aromatic heterocycles. The lowest BCUT2D eigenvalue weighted by atomic mass is 10.1. The van der Waals surface area contributed by atoms with Gasteiger partial charge in [-0.05, 0) is 41.6 Å². The van der Waals surface area contributed by atoms with Crippen LogP contribution in [0.4, 0.5) is 5.69 Å². The van der Waals surface area contributed by atoms with Crippen molar-refractivity contribution in [2.75, 3.05) is 5.32 Å². The van der Waals surface area contributed by atoms with Crippen LogP contribution in [0.15, 0.2) is 64.2 Å². The van der Waals surface area contributed by atoms with Crippen LogP contribution in [0.25, 0.3) is 11.0 Å². The number of para-hydroxylation sites is 1. The van der Waals surface area contributed by atoms with Crippen molar-refractivity contribution in [3.8, 4) is 0 Å². The summed E-state index contributed by atoms with van der Waals surface area (Å²) in [5.41, 5.74) is 1.09. The van der Waals surface area contributed by atoms with E-state index in [1.54, 1.807) is 48.5 Å². The quantitative estimate of drug-likeness (QED) is 0.560. The van der Waals surface area contributed by atoms with Gasteiger partial charge < -0.3 is 14.9 Å². The SMILES string of the molecule is O=C(Nc1ccc(Cl)cc1)c1cc2ccccc2o/c1=N\O. The van der Waals surface area contributed by atoms with Gasteiger partial charge in [-0.1, -0.05) is 29.8 Å². The van der Waals surface area contributed by atoms with E-state index in [0.717, 1.165) is 5.39 Å². The summed E-state index contributed by atoms with van der Waals surface area (Å²) >= 11 is 5.80. The van der Waals surface area contributed by atoms with E-state index >= 15 is 0 Å². The predicted octanol–water partition coefficient (Wildman–Crippen LogP) is 3.63. The van der Waals surface area contributed by atoms with Crippen LogP contribution in [0.3, 0.4) is 0 Å². The summed E-state index contributed by atoms with van der Waals surface area (Å²) in [5.74, 6) is -0.440. The summed E-state index contributed by atoms with van der Waals surface area (Å²) in [6.45, 7) is 0. The van der Waals surface area contributed by atoms with Crippen molar-refractivity contribution in [3.63, 3.8) is 0 Å². The standard InChI is InChI=1S/C16H11ClN2O3/c17-11-5-7-12(8-6-11)18-15(20)13-9-10-3-1-2-4-14(10)22-16(13)19-21/h1-9,21H,(H,18,20)/b19-16-. The molecule has 0 saturated carbocycles. The number of carbonyl (C=O) groups excluding carboxylic acids is 1. The molecule has 1 heterocycles. The molecular formula is C16H11ClN2O3. The minimum atomic E-state index is -0.440. The monoisotopic (exact) mass is 314 g/mol. The van der Waals surface area contributed by atoms with Crippen LogP contribution < -0.4 is 10.9 Å². The van der Waals surface area contributed by atoms with Gasteiger partial charge in [-0.25, -0.2) is 0 Å². The zero-order chi connectivity index (χ0) is 15.5. The number of anilines is 1. The summed E-state index contributed by atoms with van der Waals surface area (Å²) in [7, 11) is 0. The molecule has 110 valence electrons. The summed E-state index contributed by atoms with van der Waals surface area (Å²) in [4.78, 5) is 12.3. The first-order chi connectivity index (χ1) is 10.7. The van der Waals surface area contributed by atoms with E-state index in [0.29, 0.717) is 16.3 Å². The van der Waals surface area contributed by atoms with Gasteiger partial charge in [-0.15, -0.1) is 0 Å². The molecule has 3 aromatic rings. The van der Waals surface area contributed by atoms with Crippen molar-refractivity contribution >= 4 is 34.2 Å². The molecule has 3 rings (SSSR count). The van der Waals surface area contributed by atoms with Gasteiger partial charge >= 0.3 is 0 Å². The first-order valence-corrected chi connectivity index (χ1v) is 6.83. The molecule has 0 unspecified atom stereocenters. The number of halogens is 1. The lowest BCUT2D eigenvalue weighted by Gasteiger charge is -2.06. The fourth-order valence-corrected chi connectivity index (χ4v) is 2.16. The van der Waals surface area contributed by atoms with Gasteiger partial charge in [-0.3, -0.25) is 4.79 Å². The van der Waals surface area contributed by atoms with E-state index in [1.807, 2.05) is 6.07 Å². The Morgan fingerprint density at radius 2 is 1.86 bits per heavy atom. The minimum absolute atomic E-state index is 0.135. The zero-order valence-electron chi connectivity index (χ0n) is 11.3.